The molecule has 2 unspecified atom stereocenters. The Balaban J connectivity index is 1.82. The molecule has 3 N–H and O–H groups in total. The number of hydrogen-bond acceptors (Lipinski definition) is 4. The zero-order chi connectivity index (χ0) is 15.3. The highest BCUT2D eigenvalue weighted by Crippen LogP contribution is 2.62. The number of carbonyl (C=O) groups is 1. The highest BCUT2D eigenvalue weighted by molar-refractivity contribution is 5.83. The summed E-state index contributed by atoms with van der Waals surface area (Å²) >= 11 is 0. The van der Waals surface area contributed by atoms with Gasteiger partial charge < -0.3 is 15.7 Å². The largest absolute Gasteiger partial charge is 0.390 e. The van der Waals surface area contributed by atoms with Crippen molar-refractivity contribution in [2.24, 2.45) is 23.0 Å². The van der Waals surface area contributed by atoms with Gasteiger partial charge in [-0.25, -0.2) is 0 Å². The van der Waals surface area contributed by atoms with Gasteiger partial charge >= 0.3 is 0 Å². The van der Waals surface area contributed by atoms with Gasteiger partial charge in [-0.15, -0.1) is 0 Å². The van der Waals surface area contributed by atoms with E-state index in [1.54, 1.807) is 0 Å². The maximum Gasteiger partial charge on any atom is 0.240 e. The number of nitrogens with zero attached hydrogens (tertiary/aromatic N) is 2. The molecule has 0 aromatic rings. The molecule has 3 atom stereocenters. The van der Waals surface area contributed by atoms with Gasteiger partial charge in [-0.05, 0) is 62.7 Å². The first kappa shape index (κ1) is 14.8. The second-order valence-corrected chi connectivity index (χ2v) is 7.54. The van der Waals surface area contributed by atoms with Gasteiger partial charge in [0.1, 0.15) is 6.54 Å². The van der Waals surface area contributed by atoms with Gasteiger partial charge in [0.2, 0.25) is 5.91 Å². The molecule has 5 nitrogen and oxygen atoms in total. The van der Waals surface area contributed by atoms with E-state index in [0.717, 1.165) is 25.7 Å². The van der Waals surface area contributed by atoms with Gasteiger partial charge in [0.25, 0.3) is 0 Å². The van der Waals surface area contributed by atoms with E-state index in [1.165, 1.54) is 11.3 Å². The van der Waals surface area contributed by atoms with Crippen molar-refractivity contribution in [3.63, 3.8) is 0 Å². The van der Waals surface area contributed by atoms with Crippen LogP contribution in [0.15, 0.2) is 0 Å². The summed E-state index contributed by atoms with van der Waals surface area (Å²) in [6.07, 6.45) is 5.51. The van der Waals surface area contributed by atoms with Gasteiger partial charge in [0.15, 0.2) is 0 Å². The monoisotopic (exact) mass is 291 g/mol. The van der Waals surface area contributed by atoms with E-state index < -0.39 is 11.6 Å². The summed E-state index contributed by atoms with van der Waals surface area (Å²) in [5, 5.41) is 19.6. The topological polar surface area (TPSA) is 90.4 Å². The third-order valence-corrected chi connectivity index (χ3v) is 5.96. The molecule has 116 valence electrons. The lowest BCUT2D eigenvalue weighted by Gasteiger charge is -2.61. The van der Waals surface area contributed by atoms with Gasteiger partial charge in [-0.1, -0.05) is 0 Å². The second-order valence-electron chi connectivity index (χ2n) is 7.54. The molecule has 21 heavy (non-hydrogen) atoms. The summed E-state index contributed by atoms with van der Waals surface area (Å²) < 4.78 is 0. The average Bonchev–Trinajstić information content (AvgIpc) is 2.40. The summed E-state index contributed by atoms with van der Waals surface area (Å²) in [6, 6.07) is 1.46. The number of amides is 1. The standard InChI is InChI=1S/C16H25N3O2/c1-2-19(4-3-17)14(20)13(18)15-6-11-5-12(7-15)9-16(21,8-11)10-15/h11-13,21H,2,4-10,18H2,1H3/t11?,12?,13-,15?,16?/m1/s1. The Kier molecular flexibility index (Phi) is 3.50. The molecule has 4 fully saturated rings. The molecule has 4 saturated carbocycles. The third kappa shape index (κ3) is 2.35. The van der Waals surface area contributed by atoms with E-state index in [1.807, 2.05) is 13.0 Å². The Labute approximate surface area is 126 Å². The first-order chi connectivity index (χ1) is 9.91. The van der Waals surface area contributed by atoms with Crippen molar-refractivity contribution >= 4 is 5.91 Å². The molecular weight excluding hydrogens is 266 g/mol. The molecule has 4 rings (SSSR count). The zero-order valence-electron chi connectivity index (χ0n) is 12.7. The fraction of sp³-hybridized carbons (Fsp3) is 0.875. The molecular formula is C16H25N3O2. The lowest BCUT2D eigenvalue weighted by Crippen LogP contribution is -2.64. The maximum absolute atomic E-state index is 12.7. The molecule has 0 radical (unpaired) electrons. The quantitative estimate of drug-likeness (QED) is 0.757. The van der Waals surface area contributed by atoms with Crippen LogP contribution in [0, 0.1) is 28.6 Å². The summed E-state index contributed by atoms with van der Waals surface area (Å²) in [5.41, 5.74) is 5.52. The fourth-order valence-corrected chi connectivity index (χ4v) is 5.54. The van der Waals surface area contributed by atoms with Gasteiger partial charge in [0, 0.05) is 6.54 Å². The first-order valence-corrected chi connectivity index (χ1v) is 8.05. The molecule has 4 aliphatic rings. The van der Waals surface area contributed by atoms with Crippen molar-refractivity contribution in [1.82, 2.24) is 4.90 Å². The van der Waals surface area contributed by atoms with Crippen LogP contribution in [-0.4, -0.2) is 40.6 Å². The lowest BCUT2D eigenvalue weighted by atomic mass is 9.46. The van der Waals surface area contributed by atoms with Crippen LogP contribution in [0.2, 0.25) is 0 Å². The third-order valence-electron chi connectivity index (χ3n) is 5.96. The second kappa shape index (κ2) is 4.96. The SMILES string of the molecule is CCN(CC#N)C(=O)[C@@H](N)C12CC3CC(CC(O)(C3)C1)C2. The fourth-order valence-electron chi connectivity index (χ4n) is 5.54. The maximum atomic E-state index is 12.7. The molecule has 0 spiro atoms. The van der Waals surface area contributed by atoms with Crippen LogP contribution in [0.25, 0.3) is 0 Å². The summed E-state index contributed by atoms with van der Waals surface area (Å²) in [6.45, 7) is 2.47. The minimum Gasteiger partial charge on any atom is -0.390 e. The van der Waals surface area contributed by atoms with Gasteiger partial charge in [-0.2, -0.15) is 5.26 Å². The number of carbonyl (C=O) groups excluding carboxylic acids is 1. The van der Waals surface area contributed by atoms with Crippen LogP contribution in [0.1, 0.15) is 45.4 Å². The van der Waals surface area contributed by atoms with Crippen molar-refractivity contribution in [2.75, 3.05) is 13.1 Å². The predicted molar refractivity (Wildman–Crippen MR) is 77.9 cm³/mol. The average molecular weight is 291 g/mol. The number of aliphatic hydroxyl groups is 1. The van der Waals surface area contributed by atoms with Crippen molar-refractivity contribution in [1.29, 1.82) is 5.26 Å². The molecule has 0 aliphatic heterocycles. The number of hydrogen-bond donors (Lipinski definition) is 2. The van der Waals surface area contributed by atoms with E-state index >= 15 is 0 Å². The Morgan fingerprint density at radius 2 is 2.05 bits per heavy atom. The normalized spacial score (nSPS) is 41.6. The van der Waals surface area contributed by atoms with Crippen molar-refractivity contribution in [3.05, 3.63) is 0 Å². The summed E-state index contributed by atoms with van der Waals surface area (Å²) in [4.78, 5) is 14.2. The van der Waals surface area contributed by atoms with Gasteiger partial charge in [-0.3, -0.25) is 4.79 Å². The van der Waals surface area contributed by atoms with E-state index in [2.05, 4.69) is 0 Å². The molecule has 5 heteroatoms. The number of nitrogens with two attached hydrogens (primary N) is 1. The lowest BCUT2D eigenvalue weighted by molar-refractivity contribution is -0.176. The molecule has 0 aromatic heterocycles. The van der Waals surface area contributed by atoms with E-state index in [9.17, 15) is 9.90 Å². The number of nitriles is 1. The minimum atomic E-state index is -0.603. The Morgan fingerprint density at radius 1 is 1.43 bits per heavy atom. The predicted octanol–water partition coefficient (Wildman–Crippen LogP) is 1.02. The van der Waals surface area contributed by atoms with Crippen molar-refractivity contribution in [3.8, 4) is 6.07 Å². The molecule has 0 heterocycles. The van der Waals surface area contributed by atoms with E-state index in [0.29, 0.717) is 24.8 Å². The number of likely N-dealkylation sites (N-methyl/N-ethyl adjacent to an activating group) is 1. The molecule has 0 saturated heterocycles. The Morgan fingerprint density at radius 3 is 2.52 bits per heavy atom. The minimum absolute atomic E-state index is 0.0935. The van der Waals surface area contributed by atoms with Crippen molar-refractivity contribution < 1.29 is 9.90 Å². The van der Waals surface area contributed by atoms with Gasteiger partial charge in [0.05, 0.1) is 17.7 Å². The van der Waals surface area contributed by atoms with Crippen LogP contribution >= 0.6 is 0 Å². The Bertz CT molecular complexity index is 470. The van der Waals surface area contributed by atoms with Crippen LogP contribution < -0.4 is 5.73 Å². The number of rotatable bonds is 4. The van der Waals surface area contributed by atoms with E-state index in [4.69, 9.17) is 11.0 Å². The van der Waals surface area contributed by atoms with Crippen LogP contribution in [0.5, 0.6) is 0 Å². The molecule has 1 amide bonds. The molecule has 4 aliphatic carbocycles. The molecule has 0 aromatic carbocycles. The zero-order valence-corrected chi connectivity index (χ0v) is 12.7. The smallest absolute Gasteiger partial charge is 0.240 e. The first-order valence-electron chi connectivity index (χ1n) is 8.05. The van der Waals surface area contributed by atoms with Crippen molar-refractivity contribution in [2.45, 2.75) is 57.1 Å². The highest BCUT2D eigenvalue weighted by atomic mass is 16.3. The van der Waals surface area contributed by atoms with Crippen LogP contribution in [-0.2, 0) is 4.79 Å². The molecule has 4 bridgehead atoms. The Hall–Kier alpha value is -1.12. The van der Waals surface area contributed by atoms with E-state index in [-0.39, 0.29) is 17.9 Å². The summed E-state index contributed by atoms with van der Waals surface area (Å²) in [7, 11) is 0. The van der Waals surface area contributed by atoms with Crippen LogP contribution in [0.3, 0.4) is 0 Å². The summed E-state index contributed by atoms with van der Waals surface area (Å²) in [5.74, 6) is 0.909. The van der Waals surface area contributed by atoms with Crippen LogP contribution in [0.4, 0.5) is 0 Å². The highest BCUT2D eigenvalue weighted by Gasteiger charge is 2.60.